The zero-order valence-electron chi connectivity index (χ0n) is 10.2. The standard InChI is InChI=1S/C14H15NO2S/c1-12(13-7-3-2-4-8-13)11-18(16,17)14-9-5-6-10-15-14/h2-10,12H,11H2,1H3/t12-/m1/s1. The van der Waals surface area contributed by atoms with E-state index in [1.807, 2.05) is 37.3 Å². The fourth-order valence-corrected chi connectivity index (χ4v) is 3.35. The molecule has 0 unspecified atom stereocenters. The van der Waals surface area contributed by atoms with E-state index in [0.29, 0.717) is 0 Å². The predicted molar refractivity (Wildman–Crippen MR) is 71.1 cm³/mol. The first-order valence-electron chi connectivity index (χ1n) is 5.78. The maximum absolute atomic E-state index is 12.2. The average molecular weight is 261 g/mol. The van der Waals surface area contributed by atoms with Gasteiger partial charge in [0.25, 0.3) is 0 Å². The molecule has 0 saturated carbocycles. The summed E-state index contributed by atoms with van der Waals surface area (Å²) in [6.07, 6.45) is 1.50. The van der Waals surface area contributed by atoms with E-state index in [1.54, 1.807) is 12.1 Å². The number of hydrogen-bond donors (Lipinski definition) is 0. The van der Waals surface area contributed by atoms with Gasteiger partial charge < -0.3 is 0 Å². The summed E-state index contributed by atoms with van der Waals surface area (Å²) in [7, 11) is -3.32. The van der Waals surface area contributed by atoms with Crippen LogP contribution in [0.4, 0.5) is 0 Å². The second-order valence-electron chi connectivity index (χ2n) is 4.26. The van der Waals surface area contributed by atoms with Crippen LogP contribution in [0.1, 0.15) is 18.4 Å². The highest BCUT2D eigenvalue weighted by atomic mass is 32.2. The van der Waals surface area contributed by atoms with Crippen LogP contribution in [0.25, 0.3) is 0 Å². The molecule has 2 aromatic rings. The van der Waals surface area contributed by atoms with Crippen LogP contribution >= 0.6 is 0 Å². The summed E-state index contributed by atoms with van der Waals surface area (Å²) in [5.41, 5.74) is 1.03. The normalized spacial score (nSPS) is 13.2. The van der Waals surface area contributed by atoms with Gasteiger partial charge in [0, 0.05) is 6.20 Å². The van der Waals surface area contributed by atoms with E-state index < -0.39 is 9.84 Å². The number of sulfone groups is 1. The van der Waals surface area contributed by atoms with Gasteiger partial charge in [0.15, 0.2) is 14.9 Å². The smallest absolute Gasteiger partial charge is 0.196 e. The van der Waals surface area contributed by atoms with Crippen molar-refractivity contribution in [1.82, 2.24) is 4.98 Å². The Bertz CT molecular complexity index is 594. The first kappa shape index (κ1) is 12.8. The van der Waals surface area contributed by atoms with Crippen molar-refractivity contribution in [1.29, 1.82) is 0 Å². The van der Waals surface area contributed by atoms with Crippen LogP contribution in [-0.4, -0.2) is 19.2 Å². The molecule has 94 valence electrons. The van der Waals surface area contributed by atoms with Crippen molar-refractivity contribution >= 4 is 9.84 Å². The van der Waals surface area contributed by atoms with E-state index in [9.17, 15) is 8.42 Å². The van der Waals surface area contributed by atoms with Crippen molar-refractivity contribution in [3.63, 3.8) is 0 Å². The molecule has 0 fully saturated rings. The quantitative estimate of drug-likeness (QED) is 0.850. The van der Waals surface area contributed by atoms with E-state index in [4.69, 9.17) is 0 Å². The van der Waals surface area contributed by atoms with Gasteiger partial charge in [-0.3, -0.25) is 0 Å². The fraction of sp³-hybridized carbons (Fsp3) is 0.214. The van der Waals surface area contributed by atoms with Gasteiger partial charge in [-0.25, -0.2) is 13.4 Å². The maximum atomic E-state index is 12.2. The second kappa shape index (κ2) is 5.31. The summed E-state index contributed by atoms with van der Waals surface area (Å²) >= 11 is 0. The van der Waals surface area contributed by atoms with Crippen LogP contribution in [0, 0.1) is 0 Å². The van der Waals surface area contributed by atoms with Crippen molar-refractivity contribution in [3.05, 3.63) is 60.3 Å². The molecule has 1 atom stereocenters. The summed E-state index contributed by atoms with van der Waals surface area (Å²) in [6, 6.07) is 14.6. The SMILES string of the molecule is C[C@H](CS(=O)(=O)c1ccccn1)c1ccccc1. The number of rotatable bonds is 4. The number of hydrogen-bond acceptors (Lipinski definition) is 3. The Labute approximate surface area is 107 Å². The molecule has 0 N–H and O–H groups in total. The lowest BCUT2D eigenvalue weighted by molar-refractivity contribution is 0.587. The molecule has 0 spiro atoms. The van der Waals surface area contributed by atoms with Crippen LogP contribution in [0.2, 0.25) is 0 Å². The highest BCUT2D eigenvalue weighted by Crippen LogP contribution is 2.19. The average Bonchev–Trinajstić information content (AvgIpc) is 2.40. The van der Waals surface area contributed by atoms with Gasteiger partial charge in [-0.15, -0.1) is 0 Å². The first-order valence-corrected chi connectivity index (χ1v) is 7.43. The fourth-order valence-electron chi connectivity index (χ4n) is 1.82. The van der Waals surface area contributed by atoms with Crippen LogP contribution in [-0.2, 0) is 9.84 Å². The highest BCUT2D eigenvalue weighted by Gasteiger charge is 2.20. The topological polar surface area (TPSA) is 47.0 Å². The van der Waals surface area contributed by atoms with Gasteiger partial charge in [0.05, 0.1) is 5.75 Å². The Morgan fingerprint density at radius 3 is 2.33 bits per heavy atom. The molecule has 2 rings (SSSR count). The minimum atomic E-state index is -3.32. The van der Waals surface area contributed by atoms with E-state index in [1.165, 1.54) is 12.3 Å². The molecule has 3 nitrogen and oxygen atoms in total. The van der Waals surface area contributed by atoms with Gasteiger partial charge >= 0.3 is 0 Å². The lowest BCUT2D eigenvalue weighted by Gasteiger charge is -2.11. The zero-order valence-corrected chi connectivity index (χ0v) is 11.0. The van der Waals surface area contributed by atoms with E-state index in [0.717, 1.165) is 5.56 Å². The minimum absolute atomic E-state index is 0.0433. The number of nitrogens with zero attached hydrogens (tertiary/aromatic N) is 1. The van der Waals surface area contributed by atoms with Gasteiger partial charge in [-0.1, -0.05) is 43.3 Å². The molecule has 1 heterocycles. The summed E-state index contributed by atoms with van der Waals surface area (Å²) < 4.78 is 24.3. The molecular weight excluding hydrogens is 246 g/mol. The molecule has 0 radical (unpaired) electrons. The molecule has 0 aliphatic rings. The van der Waals surface area contributed by atoms with Crippen molar-refractivity contribution < 1.29 is 8.42 Å². The Balaban J connectivity index is 2.20. The van der Waals surface area contributed by atoms with E-state index in [-0.39, 0.29) is 16.7 Å². The van der Waals surface area contributed by atoms with E-state index >= 15 is 0 Å². The molecule has 0 amide bonds. The summed E-state index contributed by atoms with van der Waals surface area (Å²) in [6.45, 7) is 1.91. The largest absolute Gasteiger partial charge is 0.245 e. The van der Waals surface area contributed by atoms with Gasteiger partial charge in [-0.05, 0) is 23.6 Å². The number of benzene rings is 1. The van der Waals surface area contributed by atoms with Gasteiger partial charge in [-0.2, -0.15) is 0 Å². The van der Waals surface area contributed by atoms with Crippen LogP contribution in [0.15, 0.2) is 59.8 Å². The molecule has 18 heavy (non-hydrogen) atoms. The Hall–Kier alpha value is -1.68. The van der Waals surface area contributed by atoms with Crippen molar-refractivity contribution in [2.75, 3.05) is 5.75 Å². The monoisotopic (exact) mass is 261 g/mol. The molecular formula is C14H15NO2S. The predicted octanol–water partition coefficient (Wildman–Crippen LogP) is 2.66. The molecule has 1 aromatic carbocycles. The third-order valence-corrected chi connectivity index (χ3v) is 4.61. The first-order chi connectivity index (χ1) is 8.59. The lowest BCUT2D eigenvalue weighted by Crippen LogP contribution is -2.14. The van der Waals surface area contributed by atoms with Crippen LogP contribution < -0.4 is 0 Å². The third kappa shape index (κ3) is 2.96. The Morgan fingerprint density at radius 2 is 1.72 bits per heavy atom. The van der Waals surface area contributed by atoms with Crippen molar-refractivity contribution in [2.24, 2.45) is 0 Å². The molecule has 0 aliphatic carbocycles. The minimum Gasteiger partial charge on any atom is -0.245 e. The number of pyridine rings is 1. The van der Waals surface area contributed by atoms with Gasteiger partial charge in [0.1, 0.15) is 0 Å². The number of aromatic nitrogens is 1. The second-order valence-corrected chi connectivity index (χ2v) is 6.24. The molecule has 0 bridgehead atoms. The third-order valence-electron chi connectivity index (χ3n) is 2.79. The summed E-state index contributed by atoms with van der Waals surface area (Å²) in [5, 5.41) is 0.146. The van der Waals surface area contributed by atoms with Crippen LogP contribution in [0.5, 0.6) is 0 Å². The molecule has 0 saturated heterocycles. The van der Waals surface area contributed by atoms with Gasteiger partial charge in [0.2, 0.25) is 0 Å². The summed E-state index contributed by atoms with van der Waals surface area (Å²) in [5.74, 6) is 0.0341. The Kier molecular flexibility index (Phi) is 3.77. The molecule has 0 aliphatic heterocycles. The van der Waals surface area contributed by atoms with Crippen molar-refractivity contribution in [2.45, 2.75) is 17.9 Å². The molecule has 4 heteroatoms. The zero-order chi connectivity index (χ0) is 13.0. The van der Waals surface area contributed by atoms with E-state index in [2.05, 4.69) is 4.98 Å². The molecule has 1 aromatic heterocycles. The van der Waals surface area contributed by atoms with Crippen molar-refractivity contribution in [3.8, 4) is 0 Å². The lowest BCUT2D eigenvalue weighted by atomic mass is 10.0. The Morgan fingerprint density at radius 1 is 1.06 bits per heavy atom. The highest BCUT2D eigenvalue weighted by molar-refractivity contribution is 7.91. The summed E-state index contributed by atoms with van der Waals surface area (Å²) in [4.78, 5) is 3.91. The van der Waals surface area contributed by atoms with Crippen LogP contribution in [0.3, 0.4) is 0 Å². The maximum Gasteiger partial charge on any atom is 0.196 e.